The van der Waals surface area contributed by atoms with E-state index in [-0.39, 0.29) is 18.7 Å². The monoisotopic (exact) mass is 248 g/mol. The van der Waals surface area contributed by atoms with Crippen LogP contribution in [-0.2, 0) is 0 Å². The SMILES string of the molecule is CC(CCO)NC(CN)c1cc(Cl)cs1. The largest absolute Gasteiger partial charge is 0.396 e. The van der Waals surface area contributed by atoms with Crippen LogP contribution in [0.15, 0.2) is 11.4 Å². The van der Waals surface area contributed by atoms with Crippen molar-refractivity contribution in [3.63, 3.8) is 0 Å². The van der Waals surface area contributed by atoms with Gasteiger partial charge < -0.3 is 16.2 Å². The van der Waals surface area contributed by atoms with Crippen molar-refractivity contribution in [2.45, 2.75) is 25.4 Å². The Hall–Kier alpha value is -0.130. The van der Waals surface area contributed by atoms with Gasteiger partial charge in [-0.1, -0.05) is 11.6 Å². The van der Waals surface area contributed by atoms with Crippen LogP contribution >= 0.6 is 22.9 Å². The first kappa shape index (κ1) is 12.9. The summed E-state index contributed by atoms with van der Waals surface area (Å²) in [5.74, 6) is 0. The normalized spacial score (nSPS) is 15.2. The van der Waals surface area contributed by atoms with Gasteiger partial charge in [0.25, 0.3) is 0 Å². The first-order chi connectivity index (χ1) is 7.17. The van der Waals surface area contributed by atoms with E-state index in [2.05, 4.69) is 5.32 Å². The molecule has 0 fully saturated rings. The summed E-state index contributed by atoms with van der Waals surface area (Å²) >= 11 is 7.47. The van der Waals surface area contributed by atoms with Crippen molar-refractivity contribution in [3.05, 3.63) is 21.3 Å². The third-order valence-corrected chi connectivity index (χ3v) is 3.61. The number of nitrogens with two attached hydrogens (primary N) is 1. The lowest BCUT2D eigenvalue weighted by Gasteiger charge is -2.20. The second kappa shape index (κ2) is 6.45. The van der Waals surface area contributed by atoms with Crippen LogP contribution < -0.4 is 11.1 Å². The van der Waals surface area contributed by atoms with Crippen molar-refractivity contribution in [1.82, 2.24) is 5.32 Å². The van der Waals surface area contributed by atoms with E-state index in [9.17, 15) is 0 Å². The van der Waals surface area contributed by atoms with Gasteiger partial charge in [0, 0.05) is 29.5 Å². The molecular weight excluding hydrogens is 232 g/mol. The molecule has 4 N–H and O–H groups in total. The predicted octanol–water partition coefficient (Wildman–Crippen LogP) is 1.76. The second-order valence-electron chi connectivity index (χ2n) is 3.54. The maximum Gasteiger partial charge on any atom is 0.0541 e. The van der Waals surface area contributed by atoms with Crippen LogP contribution in [-0.4, -0.2) is 24.3 Å². The summed E-state index contributed by atoms with van der Waals surface area (Å²) < 4.78 is 0. The molecule has 0 saturated heterocycles. The van der Waals surface area contributed by atoms with Gasteiger partial charge in [-0.3, -0.25) is 0 Å². The molecule has 2 atom stereocenters. The zero-order chi connectivity index (χ0) is 11.3. The fraction of sp³-hybridized carbons (Fsp3) is 0.600. The van der Waals surface area contributed by atoms with Crippen LogP contribution in [0.1, 0.15) is 24.3 Å². The summed E-state index contributed by atoms with van der Waals surface area (Å²) in [6.07, 6.45) is 0.732. The van der Waals surface area contributed by atoms with E-state index >= 15 is 0 Å². The smallest absolute Gasteiger partial charge is 0.0541 e. The highest BCUT2D eigenvalue weighted by Crippen LogP contribution is 2.25. The number of nitrogens with one attached hydrogen (secondary N) is 1. The standard InChI is InChI=1S/C10H17ClN2OS/c1-7(2-3-14)13-9(5-12)10-4-8(11)6-15-10/h4,6-7,9,13-14H,2-3,5,12H2,1H3. The van der Waals surface area contributed by atoms with E-state index < -0.39 is 0 Å². The summed E-state index contributed by atoms with van der Waals surface area (Å²) in [6.45, 7) is 2.76. The number of thiophene rings is 1. The first-order valence-electron chi connectivity index (χ1n) is 4.98. The highest BCUT2D eigenvalue weighted by atomic mass is 35.5. The van der Waals surface area contributed by atoms with Gasteiger partial charge in [-0.15, -0.1) is 11.3 Å². The molecule has 1 heterocycles. The van der Waals surface area contributed by atoms with Crippen LogP contribution in [0.3, 0.4) is 0 Å². The van der Waals surface area contributed by atoms with E-state index in [4.69, 9.17) is 22.4 Å². The molecule has 0 aliphatic heterocycles. The molecule has 0 bridgehead atoms. The molecule has 2 unspecified atom stereocenters. The van der Waals surface area contributed by atoms with Crippen molar-refractivity contribution < 1.29 is 5.11 Å². The van der Waals surface area contributed by atoms with Crippen LogP contribution in [0.25, 0.3) is 0 Å². The number of hydrogen-bond donors (Lipinski definition) is 3. The van der Waals surface area contributed by atoms with E-state index in [1.807, 2.05) is 18.4 Å². The van der Waals surface area contributed by atoms with Gasteiger partial charge in [-0.25, -0.2) is 0 Å². The van der Waals surface area contributed by atoms with Crippen LogP contribution in [0.5, 0.6) is 0 Å². The van der Waals surface area contributed by atoms with Gasteiger partial charge in [0.2, 0.25) is 0 Å². The summed E-state index contributed by atoms with van der Waals surface area (Å²) in [4.78, 5) is 1.15. The average molecular weight is 249 g/mol. The zero-order valence-corrected chi connectivity index (χ0v) is 10.3. The van der Waals surface area contributed by atoms with Crippen LogP contribution in [0, 0.1) is 0 Å². The van der Waals surface area contributed by atoms with Gasteiger partial charge in [0.05, 0.1) is 11.1 Å². The van der Waals surface area contributed by atoms with Crippen molar-refractivity contribution in [2.75, 3.05) is 13.2 Å². The Kier molecular flexibility index (Phi) is 5.56. The van der Waals surface area contributed by atoms with E-state index in [0.29, 0.717) is 6.54 Å². The van der Waals surface area contributed by atoms with Gasteiger partial charge >= 0.3 is 0 Å². The van der Waals surface area contributed by atoms with Crippen LogP contribution in [0.4, 0.5) is 0 Å². The van der Waals surface area contributed by atoms with Crippen molar-refractivity contribution in [1.29, 1.82) is 0 Å². The molecule has 0 radical (unpaired) electrons. The number of rotatable bonds is 6. The van der Waals surface area contributed by atoms with Gasteiger partial charge in [-0.2, -0.15) is 0 Å². The molecule has 3 nitrogen and oxygen atoms in total. The summed E-state index contributed by atoms with van der Waals surface area (Å²) in [5, 5.41) is 14.8. The average Bonchev–Trinajstić information content (AvgIpc) is 2.61. The fourth-order valence-electron chi connectivity index (χ4n) is 1.40. The minimum atomic E-state index is 0.129. The third-order valence-electron chi connectivity index (χ3n) is 2.21. The lowest BCUT2D eigenvalue weighted by molar-refractivity contribution is 0.264. The molecular formula is C10H17ClN2OS. The van der Waals surface area contributed by atoms with Crippen molar-refractivity contribution in [3.8, 4) is 0 Å². The highest BCUT2D eigenvalue weighted by Gasteiger charge is 2.14. The molecule has 1 rings (SSSR count). The van der Waals surface area contributed by atoms with Crippen LogP contribution in [0.2, 0.25) is 5.02 Å². The molecule has 5 heteroatoms. The van der Waals surface area contributed by atoms with Crippen molar-refractivity contribution >= 4 is 22.9 Å². The van der Waals surface area contributed by atoms with Gasteiger partial charge in [0.1, 0.15) is 0 Å². The zero-order valence-electron chi connectivity index (χ0n) is 8.74. The van der Waals surface area contributed by atoms with Crippen molar-refractivity contribution in [2.24, 2.45) is 5.73 Å². The summed E-state index contributed by atoms with van der Waals surface area (Å²) in [6, 6.07) is 2.32. The highest BCUT2D eigenvalue weighted by molar-refractivity contribution is 7.10. The Labute approximate surface area is 99.2 Å². The van der Waals surface area contributed by atoms with E-state index in [1.54, 1.807) is 11.3 Å². The topological polar surface area (TPSA) is 58.3 Å². The minimum absolute atomic E-state index is 0.129. The Morgan fingerprint density at radius 2 is 2.40 bits per heavy atom. The molecule has 0 aliphatic rings. The van der Waals surface area contributed by atoms with Gasteiger partial charge in [0.15, 0.2) is 0 Å². The van der Waals surface area contributed by atoms with E-state index in [0.717, 1.165) is 16.3 Å². The Balaban J connectivity index is 2.56. The molecule has 0 aromatic carbocycles. The predicted molar refractivity (Wildman–Crippen MR) is 65.4 cm³/mol. The molecule has 0 saturated carbocycles. The molecule has 0 amide bonds. The van der Waals surface area contributed by atoms with E-state index in [1.165, 1.54) is 0 Å². The minimum Gasteiger partial charge on any atom is -0.396 e. The number of hydrogen-bond acceptors (Lipinski definition) is 4. The second-order valence-corrected chi connectivity index (χ2v) is 4.91. The fourth-order valence-corrected chi connectivity index (χ4v) is 2.55. The maximum absolute atomic E-state index is 8.81. The maximum atomic E-state index is 8.81. The number of halogens is 1. The lowest BCUT2D eigenvalue weighted by Crippen LogP contribution is -2.35. The number of aliphatic hydroxyl groups excluding tert-OH is 1. The quantitative estimate of drug-likeness (QED) is 0.719. The lowest BCUT2D eigenvalue weighted by atomic mass is 10.2. The van der Waals surface area contributed by atoms with Gasteiger partial charge in [-0.05, 0) is 19.4 Å². The molecule has 86 valence electrons. The number of aliphatic hydroxyl groups is 1. The third kappa shape index (κ3) is 4.09. The molecule has 0 aliphatic carbocycles. The molecule has 15 heavy (non-hydrogen) atoms. The molecule has 1 aromatic rings. The summed E-state index contributed by atoms with van der Waals surface area (Å²) in [5.41, 5.74) is 5.70. The Morgan fingerprint density at radius 1 is 1.67 bits per heavy atom. The molecule has 1 aromatic heterocycles. The Bertz CT molecular complexity index is 293. The summed E-state index contributed by atoms with van der Waals surface area (Å²) in [7, 11) is 0. The molecule has 0 spiro atoms. The first-order valence-corrected chi connectivity index (χ1v) is 6.24. The Morgan fingerprint density at radius 3 is 2.87 bits per heavy atom.